The molecule has 0 N–H and O–H groups in total. The Morgan fingerprint density at radius 2 is 1.89 bits per heavy atom. The fourth-order valence-electron chi connectivity index (χ4n) is 1.78. The molecular formula is C14H11NO4. The predicted octanol–water partition coefficient (Wildman–Crippen LogP) is 3.08. The van der Waals surface area contributed by atoms with Crippen LogP contribution in [0.5, 0.6) is 5.75 Å². The monoisotopic (exact) mass is 257 g/mol. The van der Waals surface area contributed by atoms with Crippen LogP contribution in [-0.4, -0.2) is 18.3 Å². The molecule has 0 heterocycles. The first kappa shape index (κ1) is 12.8. The summed E-state index contributed by atoms with van der Waals surface area (Å²) >= 11 is 0. The summed E-state index contributed by atoms with van der Waals surface area (Å²) in [5, 5.41) is 10.9. The zero-order chi connectivity index (χ0) is 13.8. The summed E-state index contributed by atoms with van der Waals surface area (Å²) in [4.78, 5) is 21.1. The third-order valence-corrected chi connectivity index (χ3v) is 2.76. The lowest BCUT2D eigenvalue weighted by Crippen LogP contribution is -1.95. The molecule has 2 aromatic rings. The van der Waals surface area contributed by atoms with Crippen LogP contribution >= 0.6 is 0 Å². The van der Waals surface area contributed by atoms with Crippen molar-refractivity contribution >= 4 is 12.0 Å². The lowest BCUT2D eigenvalue weighted by atomic mass is 10.0. The van der Waals surface area contributed by atoms with E-state index < -0.39 is 4.92 Å². The number of carbonyl (C=O) groups is 1. The van der Waals surface area contributed by atoms with Crippen molar-refractivity contribution in [3.63, 3.8) is 0 Å². The van der Waals surface area contributed by atoms with E-state index in [1.165, 1.54) is 12.1 Å². The summed E-state index contributed by atoms with van der Waals surface area (Å²) in [6, 6.07) is 11.7. The van der Waals surface area contributed by atoms with Crippen molar-refractivity contribution in [2.45, 2.75) is 0 Å². The first-order valence-corrected chi connectivity index (χ1v) is 5.53. The SMILES string of the molecule is COc1cccc(-c2ccc(C=O)c([N+](=O)[O-])c2)c1. The molecule has 0 bridgehead atoms. The lowest BCUT2D eigenvalue weighted by molar-refractivity contribution is -0.385. The first-order chi connectivity index (χ1) is 9.15. The smallest absolute Gasteiger partial charge is 0.280 e. The Hall–Kier alpha value is -2.69. The molecule has 0 saturated heterocycles. The molecule has 0 radical (unpaired) electrons. The number of ether oxygens (including phenoxy) is 1. The van der Waals surface area contributed by atoms with Crippen LogP contribution in [-0.2, 0) is 0 Å². The average molecular weight is 257 g/mol. The lowest BCUT2D eigenvalue weighted by Gasteiger charge is -2.05. The van der Waals surface area contributed by atoms with Crippen molar-refractivity contribution < 1.29 is 14.5 Å². The zero-order valence-electron chi connectivity index (χ0n) is 10.2. The van der Waals surface area contributed by atoms with E-state index in [9.17, 15) is 14.9 Å². The molecule has 0 unspecified atom stereocenters. The Kier molecular flexibility index (Phi) is 3.56. The van der Waals surface area contributed by atoms with Crippen molar-refractivity contribution in [1.82, 2.24) is 0 Å². The summed E-state index contributed by atoms with van der Waals surface area (Å²) in [6.07, 6.45) is 0.480. The van der Waals surface area contributed by atoms with Crippen LogP contribution in [0.25, 0.3) is 11.1 Å². The number of nitro benzene ring substituents is 1. The molecule has 5 heteroatoms. The number of nitrogens with zero attached hydrogens (tertiary/aromatic N) is 1. The van der Waals surface area contributed by atoms with E-state index in [2.05, 4.69) is 0 Å². The first-order valence-electron chi connectivity index (χ1n) is 5.53. The van der Waals surface area contributed by atoms with Gasteiger partial charge in [-0.2, -0.15) is 0 Å². The minimum Gasteiger partial charge on any atom is -0.497 e. The number of nitro groups is 1. The van der Waals surface area contributed by atoms with Gasteiger partial charge in [-0.3, -0.25) is 14.9 Å². The number of benzene rings is 2. The Bertz CT molecular complexity index is 637. The van der Waals surface area contributed by atoms with Gasteiger partial charge >= 0.3 is 0 Å². The van der Waals surface area contributed by atoms with Gasteiger partial charge in [-0.1, -0.05) is 18.2 Å². The third-order valence-electron chi connectivity index (χ3n) is 2.76. The molecule has 0 aliphatic carbocycles. The molecule has 0 aromatic heterocycles. The number of rotatable bonds is 4. The summed E-state index contributed by atoms with van der Waals surface area (Å²) < 4.78 is 5.11. The normalized spacial score (nSPS) is 9.95. The number of hydrogen-bond acceptors (Lipinski definition) is 4. The van der Waals surface area contributed by atoms with Crippen molar-refractivity contribution in [2.24, 2.45) is 0 Å². The van der Waals surface area contributed by atoms with E-state index in [1.54, 1.807) is 31.4 Å². The van der Waals surface area contributed by atoms with Crippen LogP contribution in [0.1, 0.15) is 10.4 Å². The van der Waals surface area contributed by atoms with E-state index in [4.69, 9.17) is 4.74 Å². The molecule has 0 saturated carbocycles. The molecule has 2 rings (SSSR count). The second-order valence-electron chi connectivity index (χ2n) is 3.88. The highest BCUT2D eigenvalue weighted by molar-refractivity contribution is 5.84. The highest BCUT2D eigenvalue weighted by atomic mass is 16.6. The van der Waals surface area contributed by atoms with Crippen LogP contribution < -0.4 is 4.74 Å². The molecule has 0 aliphatic rings. The number of methoxy groups -OCH3 is 1. The van der Waals surface area contributed by atoms with Crippen molar-refractivity contribution in [3.8, 4) is 16.9 Å². The van der Waals surface area contributed by atoms with Gasteiger partial charge in [0.2, 0.25) is 0 Å². The summed E-state index contributed by atoms with van der Waals surface area (Å²) in [6.45, 7) is 0. The maximum atomic E-state index is 10.9. The van der Waals surface area contributed by atoms with Gasteiger partial charge in [-0.25, -0.2) is 0 Å². The van der Waals surface area contributed by atoms with Crippen LogP contribution in [0.4, 0.5) is 5.69 Å². The number of carbonyl (C=O) groups excluding carboxylic acids is 1. The molecule has 0 amide bonds. The van der Waals surface area contributed by atoms with Crippen LogP contribution in [0, 0.1) is 10.1 Å². The van der Waals surface area contributed by atoms with Gasteiger partial charge in [0.1, 0.15) is 5.75 Å². The topological polar surface area (TPSA) is 69.4 Å². The van der Waals surface area contributed by atoms with E-state index in [0.717, 1.165) is 5.56 Å². The molecule has 96 valence electrons. The summed E-state index contributed by atoms with van der Waals surface area (Å²) in [7, 11) is 1.55. The molecule has 19 heavy (non-hydrogen) atoms. The molecule has 0 fully saturated rings. The Morgan fingerprint density at radius 3 is 2.53 bits per heavy atom. The maximum Gasteiger partial charge on any atom is 0.280 e. The van der Waals surface area contributed by atoms with E-state index >= 15 is 0 Å². The van der Waals surface area contributed by atoms with E-state index in [1.807, 2.05) is 6.07 Å². The van der Waals surface area contributed by atoms with Crippen molar-refractivity contribution in [1.29, 1.82) is 0 Å². The van der Waals surface area contributed by atoms with E-state index in [-0.39, 0.29) is 11.3 Å². The van der Waals surface area contributed by atoms with Gasteiger partial charge in [0.15, 0.2) is 6.29 Å². The maximum absolute atomic E-state index is 10.9. The molecule has 2 aromatic carbocycles. The van der Waals surface area contributed by atoms with Crippen molar-refractivity contribution in [2.75, 3.05) is 7.11 Å². The van der Waals surface area contributed by atoms with E-state index in [0.29, 0.717) is 17.6 Å². The van der Waals surface area contributed by atoms with Gasteiger partial charge in [-0.15, -0.1) is 0 Å². The fraction of sp³-hybridized carbons (Fsp3) is 0.0714. The Labute approximate surface area is 109 Å². The summed E-state index contributed by atoms with van der Waals surface area (Å²) in [5.74, 6) is 0.666. The number of aldehydes is 1. The average Bonchev–Trinajstić information content (AvgIpc) is 2.46. The summed E-state index contributed by atoms with van der Waals surface area (Å²) in [5.41, 5.74) is 1.32. The largest absolute Gasteiger partial charge is 0.497 e. The fourth-order valence-corrected chi connectivity index (χ4v) is 1.78. The highest BCUT2D eigenvalue weighted by Crippen LogP contribution is 2.28. The molecule has 5 nitrogen and oxygen atoms in total. The second-order valence-corrected chi connectivity index (χ2v) is 3.88. The zero-order valence-corrected chi connectivity index (χ0v) is 10.2. The molecule has 0 aliphatic heterocycles. The molecule has 0 spiro atoms. The molecular weight excluding hydrogens is 246 g/mol. The third kappa shape index (κ3) is 2.60. The van der Waals surface area contributed by atoms with Crippen LogP contribution in [0.15, 0.2) is 42.5 Å². The quantitative estimate of drug-likeness (QED) is 0.479. The van der Waals surface area contributed by atoms with Gasteiger partial charge in [0.05, 0.1) is 17.6 Å². The standard InChI is InChI=1S/C14H11NO4/c1-19-13-4-2-3-10(7-13)11-5-6-12(9-16)14(8-11)15(17)18/h2-9H,1H3. The minimum atomic E-state index is -0.562. The van der Waals surface area contributed by atoms with Gasteiger partial charge in [0.25, 0.3) is 5.69 Å². The highest BCUT2D eigenvalue weighted by Gasteiger charge is 2.14. The predicted molar refractivity (Wildman–Crippen MR) is 70.5 cm³/mol. The minimum absolute atomic E-state index is 0.0663. The van der Waals surface area contributed by atoms with Crippen LogP contribution in [0.3, 0.4) is 0 Å². The Balaban J connectivity index is 2.53. The number of hydrogen-bond donors (Lipinski definition) is 0. The van der Waals surface area contributed by atoms with Gasteiger partial charge in [-0.05, 0) is 29.3 Å². The van der Waals surface area contributed by atoms with Crippen LogP contribution in [0.2, 0.25) is 0 Å². The van der Waals surface area contributed by atoms with Gasteiger partial charge < -0.3 is 4.74 Å². The van der Waals surface area contributed by atoms with Crippen molar-refractivity contribution in [3.05, 3.63) is 58.1 Å². The second kappa shape index (κ2) is 5.30. The van der Waals surface area contributed by atoms with Gasteiger partial charge in [0, 0.05) is 6.07 Å². The molecule has 0 atom stereocenters. The Morgan fingerprint density at radius 1 is 1.16 bits per heavy atom.